The van der Waals surface area contributed by atoms with E-state index >= 15 is 0 Å². The largest absolute Gasteiger partial charge is 0.345 e. The first-order valence-corrected chi connectivity index (χ1v) is 16.3. The minimum Gasteiger partial charge on any atom is -0.345 e. The van der Waals surface area contributed by atoms with Gasteiger partial charge in [0.2, 0.25) is 11.8 Å². The smallest absolute Gasteiger partial charge is 0.283 e. The van der Waals surface area contributed by atoms with Gasteiger partial charge in [0, 0.05) is 84.4 Å². The third-order valence-electron chi connectivity index (χ3n) is 8.40. The van der Waals surface area contributed by atoms with Crippen molar-refractivity contribution in [1.82, 2.24) is 29.4 Å². The molecule has 1 aromatic carbocycles. The van der Waals surface area contributed by atoms with Crippen LogP contribution in [-0.4, -0.2) is 88.5 Å². The summed E-state index contributed by atoms with van der Waals surface area (Å²) in [7, 11) is -3.93. The Morgan fingerprint density at radius 2 is 1.90 bits per heavy atom. The van der Waals surface area contributed by atoms with Gasteiger partial charge in [0.15, 0.2) is 5.01 Å². The lowest BCUT2D eigenvalue weighted by Crippen LogP contribution is -2.57. The van der Waals surface area contributed by atoms with Gasteiger partial charge >= 0.3 is 0 Å². The Bertz CT molecular complexity index is 1640. The number of carbonyl (C=O) groups is 3. The number of nitrogens with one attached hydrogen (secondary N) is 2. The molecule has 6 rings (SSSR count). The average Bonchev–Trinajstić information content (AvgIpc) is 3.66. The van der Waals surface area contributed by atoms with Gasteiger partial charge in [-0.2, -0.15) is 4.31 Å². The molecular formula is C27H31ClN6O5S2. The van der Waals surface area contributed by atoms with Crippen LogP contribution in [-0.2, 0) is 26.2 Å². The van der Waals surface area contributed by atoms with Crippen molar-refractivity contribution in [3.63, 3.8) is 0 Å². The maximum absolute atomic E-state index is 13.8. The average molecular weight is 619 g/mol. The van der Waals surface area contributed by atoms with Crippen LogP contribution < -0.4 is 5.32 Å². The Kier molecular flexibility index (Phi) is 7.43. The normalized spacial score (nSPS) is 23.9. The molecule has 2 fully saturated rings. The van der Waals surface area contributed by atoms with E-state index in [9.17, 15) is 22.8 Å². The first kappa shape index (κ1) is 28.3. The number of benzene rings is 1. The summed E-state index contributed by atoms with van der Waals surface area (Å²) in [6.45, 7) is 5.23. The monoisotopic (exact) mass is 618 g/mol. The van der Waals surface area contributed by atoms with Gasteiger partial charge in [0.1, 0.15) is 5.03 Å². The summed E-state index contributed by atoms with van der Waals surface area (Å²) in [6.07, 6.45) is 0.607. The van der Waals surface area contributed by atoms with Gasteiger partial charge in [0.05, 0.1) is 5.69 Å². The van der Waals surface area contributed by atoms with E-state index in [1.54, 1.807) is 29.2 Å². The zero-order chi connectivity index (χ0) is 29.1. The van der Waals surface area contributed by atoms with Crippen molar-refractivity contribution in [2.75, 3.05) is 26.2 Å². The number of sulfonamides is 1. The van der Waals surface area contributed by atoms with Crippen molar-refractivity contribution in [2.45, 2.75) is 62.7 Å². The number of hydrogen-bond donors (Lipinski definition) is 2. The maximum Gasteiger partial charge on any atom is 0.283 e. The predicted molar refractivity (Wildman–Crippen MR) is 154 cm³/mol. The van der Waals surface area contributed by atoms with Gasteiger partial charge in [-0.05, 0) is 37.6 Å². The number of amides is 3. The third-order valence-corrected chi connectivity index (χ3v) is 11.5. The molecule has 0 saturated carbocycles. The molecule has 2 saturated heterocycles. The molecule has 0 aliphatic carbocycles. The number of rotatable bonds is 6. The fraction of sp³-hybridized carbons (Fsp3) is 0.481. The zero-order valence-corrected chi connectivity index (χ0v) is 25.1. The number of hydrogen-bond acceptors (Lipinski definition) is 8. The van der Waals surface area contributed by atoms with Crippen LogP contribution >= 0.6 is 22.9 Å². The van der Waals surface area contributed by atoms with E-state index < -0.39 is 16.1 Å². The number of carbonyl (C=O) groups excluding carboxylic acids is 3. The lowest BCUT2D eigenvalue weighted by molar-refractivity contribution is -0.138. The molecule has 11 nitrogen and oxygen atoms in total. The molecule has 2 aromatic heterocycles. The van der Waals surface area contributed by atoms with Gasteiger partial charge in [-0.1, -0.05) is 18.5 Å². The SMILES string of the molecule is CC1NCc2sc(C(=O)N3CCN(S(=O)(=O)c4cc5cc(Cl)ccc5[nH]4)CC3CCN3C(=O)CCC3=O)nc2C1C. The van der Waals surface area contributed by atoms with Crippen LogP contribution in [0.5, 0.6) is 0 Å². The molecule has 3 unspecified atom stereocenters. The van der Waals surface area contributed by atoms with E-state index in [1.807, 2.05) is 0 Å². The molecule has 41 heavy (non-hydrogen) atoms. The second-order valence-electron chi connectivity index (χ2n) is 10.9. The standard InChI is InChI=1S/C27H31ClN6O5S2/c1-15-16(2)29-13-21-25(15)31-26(40-21)27(37)33-10-9-32(14-19(33)7-8-34-23(35)5-6-24(34)36)41(38,39)22-12-17-11-18(28)3-4-20(17)30-22/h3-4,11-12,15-16,19,29-30H,5-10,13-14H2,1-2H3. The highest BCUT2D eigenvalue weighted by Gasteiger charge is 2.40. The topological polar surface area (TPSA) is 136 Å². The number of aromatic amines is 1. The Labute approximate surface area is 246 Å². The molecule has 0 radical (unpaired) electrons. The number of H-pyrrole nitrogens is 1. The summed E-state index contributed by atoms with van der Waals surface area (Å²) >= 11 is 7.46. The summed E-state index contributed by atoms with van der Waals surface area (Å²) in [5.74, 6) is -0.584. The summed E-state index contributed by atoms with van der Waals surface area (Å²) < 4.78 is 28.8. The molecule has 14 heteroatoms. The Balaban J connectivity index is 1.27. The number of likely N-dealkylation sites (tertiary alicyclic amines) is 1. The van der Waals surface area contributed by atoms with E-state index in [0.29, 0.717) is 27.5 Å². The van der Waals surface area contributed by atoms with Crippen molar-refractivity contribution in [3.05, 3.63) is 44.9 Å². The second-order valence-corrected chi connectivity index (χ2v) is 14.3. The van der Waals surface area contributed by atoms with E-state index in [1.165, 1.54) is 20.5 Å². The predicted octanol–water partition coefficient (Wildman–Crippen LogP) is 2.93. The summed E-state index contributed by atoms with van der Waals surface area (Å²) in [6, 6.07) is 6.35. The van der Waals surface area contributed by atoms with E-state index in [2.05, 4.69) is 24.1 Å². The van der Waals surface area contributed by atoms with Crippen LogP contribution in [0.3, 0.4) is 0 Å². The van der Waals surface area contributed by atoms with Crippen LogP contribution in [0.25, 0.3) is 10.9 Å². The molecule has 3 amide bonds. The van der Waals surface area contributed by atoms with Gasteiger partial charge in [-0.3, -0.25) is 19.3 Å². The van der Waals surface area contributed by atoms with Crippen molar-refractivity contribution in [2.24, 2.45) is 0 Å². The van der Waals surface area contributed by atoms with Crippen LogP contribution in [0, 0.1) is 0 Å². The molecule has 3 aliphatic rings. The molecule has 3 aromatic rings. The highest BCUT2D eigenvalue weighted by Crippen LogP contribution is 2.33. The van der Waals surface area contributed by atoms with Gasteiger partial charge < -0.3 is 15.2 Å². The molecule has 5 heterocycles. The summed E-state index contributed by atoms with van der Waals surface area (Å²) in [5, 5.41) is 5.03. The van der Waals surface area contributed by atoms with Crippen molar-refractivity contribution in [1.29, 1.82) is 0 Å². The Hall–Kier alpha value is -2.84. The van der Waals surface area contributed by atoms with Gasteiger partial charge in [0.25, 0.3) is 15.9 Å². The van der Waals surface area contributed by atoms with Crippen molar-refractivity contribution in [3.8, 4) is 0 Å². The highest BCUT2D eigenvalue weighted by molar-refractivity contribution is 7.89. The molecule has 218 valence electrons. The van der Waals surface area contributed by atoms with Gasteiger partial charge in [-0.25, -0.2) is 13.4 Å². The molecule has 0 spiro atoms. The van der Waals surface area contributed by atoms with Crippen LogP contribution in [0.1, 0.15) is 59.4 Å². The quantitative estimate of drug-likeness (QED) is 0.406. The maximum atomic E-state index is 13.8. The van der Waals surface area contributed by atoms with Crippen LogP contribution in [0.15, 0.2) is 29.3 Å². The fourth-order valence-corrected chi connectivity index (χ4v) is 8.53. The fourth-order valence-electron chi connectivity index (χ4n) is 5.79. The van der Waals surface area contributed by atoms with E-state index in [-0.39, 0.29) is 80.1 Å². The first-order valence-electron chi connectivity index (χ1n) is 13.7. The van der Waals surface area contributed by atoms with Crippen molar-refractivity contribution >= 4 is 61.6 Å². The zero-order valence-electron chi connectivity index (χ0n) is 22.7. The minimum absolute atomic E-state index is 0.0283. The molecule has 3 aliphatic heterocycles. The van der Waals surface area contributed by atoms with Crippen molar-refractivity contribution < 1.29 is 22.8 Å². The number of fused-ring (bicyclic) bond motifs is 2. The number of nitrogens with zero attached hydrogens (tertiary/aromatic N) is 4. The number of halogens is 1. The number of aromatic nitrogens is 2. The second kappa shape index (κ2) is 10.8. The highest BCUT2D eigenvalue weighted by atomic mass is 35.5. The summed E-state index contributed by atoms with van der Waals surface area (Å²) in [5.41, 5.74) is 1.57. The summed E-state index contributed by atoms with van der Waals surface area (Å²) in [4.78, 5) is 50.0. The minimum atomic E-state index is -3.93. The number of imide groups is 1. The first-order chi connectivity index (χ1) is 19.5. The molecule has 3 atom stereocenters. The number of thiazole rings is 1. The number of piperazine rings is 1. The van der Waals surface area contributed by atoms with Crippen LogP contribution in [0.4, 0.5) is 0 Å². The Morgan fingerprint density at radius 1 is 1.15 bits per heavy atom. The lowest BCUT2D eigenvalue weighted by atomic mass is 9.95. The molecule has 2 N–H and O–H groups in total. The van der Waals surface area contributed by atoms with E-state index in [4.69, 9.17) is 16.6 Å². The third kappa shape index (κ3) is 5.18. The lowest BCUT2D eigenvalue weighted by Gasteiger charge is -2.40. The Morgan fingerprint density at radius 3 is 2.66 bits per heavy atom. The molecular weight excluding hydrogens is 588 g/mol. The van der Waals surface area contributed by atoms with Gasteiger partial charge in [-0.15, -0.1) is 11.3 Å². The van der Waals surface area contributed by atoms with E-state index in [0.717, 1.165) is 10.6 Å². The molecule has 0 bridgehead atoms. The van der Waals surface area contributed by atoms with Crippen LogP contribution in [0.2, 0.25) is 5.02 Å².